The van der Waals surface area contributed by atoms with E-state index in [0.29, 0.717) is 23.6 Å². The van der Waals surface area contributed by atoms with Crippen molar-refractivity contribution >= 4 is 27.3 Å². The first kappa shape index (κ1) is 16.7. The number of methoxy groups -OCH3 is 1. The number of nitro benzene ring substituents is 1. The molecule has 0 radical (unpaired) electrons. The smallest absolute Gasteiger partial charge is 0.334 e. The molecule has 1 aromatic carbocycles. The Morgan fingerprint density at radius 1 is 1.38 bits per heavy atom. The van der Waals surface area contributed by atoms with Crippen molar-refractivity contribution in [2.45, 2.75) is 6.92 Å². The van der Waals surface area contributed by atoms with E-state index in [9.17, 15) is 10.1 Å². The highest BCUT2D eigenvalue weighted by atomic mass is 79.9. The maximum Gasteiger partial charge on any atom is 0.334 e. The van der Waals surface area contributed by atoms with Crippen molar-refractivity contribution in [3.05, 3.63) is 38.9 Å². The summed E-state index contributed by atoms with van der Waals surface area (Å²) in [6.45, 7) is 4.54. The van der Waals surface area contributed by atoms with Crippen LogP contribution in [0.15, 0.2) is 23.1 Å². The number of ether oxygens (including phenoxy) is 2. The molecule has 0 saturated carbocycles. The minimum atomic E-state index is -0.432. The number of hydrogen-bond donors (Lipinski definition) is 0. The third kappa shape index (κ3) is 3.09. The fourth-order valence-electron chi connectivity index (χ4n) is 2.74. The van der Waals surface area contributed by atoms with Gasteiger partial charge in [-0.1, -0.05) is 0 Å². The van der Waals surface area contributed by atoms with Gasteiger partial charge in [0.15, 0.2) is 4.73 Å². The molecule has 0 bridgehead atoms. The van der Waals surface area contributed by atoms with Crippen LogP contribution in [0.2, 0.25) is 0 Å². The highest BCUT2D eigenvalue weighted by Crippen LogP contribution is 2.39. The molecule has 1 aliphatic heterocycles. The molecule has 1 saturated heterocycles. The van der Waals surface area contributed by atoms with Crippen LogP contribution < -0.4 is 9.64 Å². The zero-order valence-electron chi connectivity index (χ0n) is 13.4. The Labute approximate surface area is 147 Å². The summed E-state index contributed by atoms with van der Waals surface area (Å²) in [5, 5.41) is 11.6. The van der Waals surface area contributed by atoms with Gasteiger partial charge in [-0.15, -0.1) is 0 Å². The van der Waals surface area contributed by atoms with E-state index < -0.39 is 4.92 Å². The number of morpholine rings is 1. The van der Waals surface area contributed by atoms with Gasteiger partial charge in [-0.05, 0) is 28.9 Å². The molecule has 128 valence electrons. The van der Waals surface area contributed by atoms with Crippen molar-refractivity contribution in [2.75, 3.05) is 38.3 Å². The second-order valence-corrected chi connectivity index (χ2v) is 6.10. The molecule has 3 rings (SSSR count). The number of rotatable bonds is 4. The van der Waals surface area contributed by atoms with Crippen LogP contribution in [0.5, 0.6) is 5.75 Å². The van der Waals surface area contributed by atoms with E-state index in [-0.39, 0.29) is 11.4 Å². The normalized spacial score (nSPS) is 14.7. The Hall–Kier alpha value is -2.13. The lowest BCUT2D eigenvalue weighted by Crippen LogP contribution is -2.36. The summed E-state index contributed by atoms with van der Waals surface area (Å²) in [6.07, 6.45) is 1.74. The van der Waals surface area contributed by atoms with Gasteiger partial charge in [0, 0.05) is 31.0 Å². The predicted molar refractivity (Wildman–Crippen MR) is 92.2 cm³/mol. The van der Waals surface area contributed by atoms with Crippen LogP contribution >= 0.6 is 15.9 Å². The molecule has 1 aromatic heterocycles. The largest absolute Gasteiger partial charge is 0.490 e. The molecule has 0 amide bonds. The molecule has 24 heavy (non-hydrogen) atoms. The van der Waals surface area contributed by atoms with Crippen LogP contribution in [0.25, 0.3) is 5.69 Å². The molecule has 1 aliphatic rings. The molecule has 0 aliphatic carbocycles. The van der Waals surface area contributed by atoms with Crippen molar-refractivity contribution in [3.8, 4) is 11.4 Å². The monoisotopic (exact) mass is 396 g/mol. The molecule has 0 atom stereocenters. The van der Waals surface area contributed by atoms with Crippen LogP contribution in [0.4, 0.5) is 11.4 Å². The van der Waals surface area contributed by atoms with Gasteiger partial charge in [-0.3, -0.25) is 14.7 Å². The SMILES string of the molecule is COc1cc(N2CCOCC2)cc(-n2cc(C)nc2Br)c1[N+](=O)[O-]. The maximum atomic E-state index is 11.6. The van der Waals surface area contributed by atoms with Gasteiger partial charge in [0.2, 0.25) is 5.75 Å². The second-order valence-electron chi connectivity index (χ2n) is 5.39. The molecule has 8 nitrogen and oxygen atoms in total. The number of benzene rings is 1. The number of imidazole rings is 1. The second kappa shape index (κ2) is 6.78. The van der Waals surface area contributed by atoms with E-state index >= 15 is 0 Å². The van der Waals surface area contributed by atoms with Crippen LogP contribution in [0.3, 0.4) is 0 Å². The fraction of sp³-hybridized carbons (Fsp3) is 0.400. The van der Waals surface area contributed by atoms with E-state index in [1.54, 1.807) is 22.9 Å². The van der Waals surface area contributed by atoms with Crippen molar-refractivity contribution in [3.63, 3.8) is 0 Å². The topological polar surface area (TPSA) is 82.7 Å². The Morgan fingerprint density at radius 2 is 2.08 bits per heavy atom. The van der Waals surface area contributed by atoms with E-state index in [4.69, 9.17) is 9.47 Å². The van der Waals surface area contributed by atoms with Gasteiger partial charge in [0.25, 0.3) is 0 Å². The summed E-state index contributed by atoms with van der Waals surface area (Å²) >= 11 is 3.36. The van der Waals surface area contributed by atoms with E-state index in [1.165, 1.54) is 7.11 Å². The summed E-state index contributed by atoms with van der Waals surface area (Å²) < 4.78 is 12.8. The summed E-state index contributed by atoms with van der Waals surface area (Å²) in [5.41, 5.74) is 1.93. The van der Waals surface area contributed by atoms with Crippen LogP contribution in [0, 0.1) is 17.0 Å². The molecule has 0 spiro atoms. The third-order valence-corrected chi connectivity index (χ3v) is 4.42. The number of aryl methyl sites for hydroxylation is 1. The molecule has 0 unspecified atom stereocenters. The lowest BCUT2D eigenvalue weighted by atomic mass is 10.2. The Morgan fingerprint density at radius 3 is 2.62 bits per heavy atom. The highest BCUT2D eigenvalue weighted by molar-refractivity contribution is 9.10. The number of aromatic nitrogens is 2. The van der Waals surface area contributed by atoms with Gasteiger partial charge in [0.05, 0.1) is 30.9 Å². The van der Waals surface area contributed by atoms with Crippen LogP contribution in [-0.4, -0.2) is 47.9 Å². The average Bonchev–Trinajstić information content (AvgIpc) is 2.92. The number of halogens is 1. The summed E-state index contributed by atoms with van der Waals surface area (Å²) in [4.78, 5) is 17.6. The molecule has 1 fully saturated rings. The van der Waals surface area contributed by atoms with Gasteiger partial charge < -0.3 is 14.4 Å². The molecular formula is C15H17BrN4O4. The van der Waals surface area contributed by atoms with Crippen LogP contribution in [0.1, 0.15) is 5.69 Å². The summed E-state index contributed by atoms with van der Waals surface area (Å²) in [6, 6.07) is 3.49. The number of anilines is 1. The quantitative estimate of drug-likeness (QED) is 0.583. The standard InChI is InChI=1S/C15H17BrN4O4/c1-10-9-19(15(16)17-10)12-7-11(18-3-5-24-6-4-18)8-13(23-2)14(12)20(21)22/h7-9H,3-6H2,1-2H3. The number of nitro groups is 1. The zero-order chi connectivity index (χ0) is 17.3. The minimum Gasteiger partial charge on any atom is -0.490 e. The average molecular weight is 397 g/mol. The van der Waals surface area contributed by atoms with Gasteiger partial charge in [-0.25, -0.2) is 4.98 Å². The Balaban J connectivity index is 2.19. The van der Waals surface area contributed by atoms with Crippen molar-refractivity contribution in [1.29, 1.82) is 0 Å². The molecule has 2 aromatic rings. The Kier molecular flexibility index (Phi) is 4.72. The van der Waals surface area contributed by atoms with Crippen molar-refractivity contribution in [2.24, 2.45) is 0 Å². The molecule has 9 heteroatoms. The first-order valence-electron chi connectivity index (χ1n) is 7.42. The zero-order valence-corrected chi connectivity index (χ0v) is 14.9. The highest BCUT2D eigenvalue weighted by Gasteiger charge is 2.27. The maximum absolute atomic E-state index is 11.6. The predicted octanol–water partition coefficient (Wildman–Crippen LogP) is 2.70. The van der Waals surface area contributed by atoms with E-state index in [0.717, 1.165) is 24.5 Å². The summed E-state index contributed by atoms with van der Waals surface area (Å²) in [7, 11) is 1.43. The minimum absolute atomic E-state index is 0.0902. The van der Waals surface area contributed by atoms with Crippen molar-refractivity contribution in [1.82, 2.24) is 9.55 Å². The molecule has 0 N–H and O–H groups in total. The van der Waals surface area contributed by atoms with Gasteiger partial charge >= 0.3 is 5.69 Å². The molecular weight excluding hydrogens is 380 g/mol. The molecule has 2 heterocycles. The number of hydrogen-bond acceptors (Lipinski definition) is 6. The van der Waals surface area contributed by atoms with Crippen molar-refractivity contribution < 1.29 is 14.4 Å². The van der Waals surface area contributed by atoms with Crippen LogP contribution in [-0.2, 0) is 4.74 Å². The summed E-state index contributed by atoms with van der Waals surface area (Å²) in [5.74, 6) is 0.220. The lowest BCUT2D eigenvalue weighted by molar-refractivity contribution is -0.385. The first-order chi connectivity index (χ1) is 11.5. The third-order valence-electron chi connectivity index (χ3n) is 3.86. The lowest BCUT2D eigenvalue weighted by Gasteiger charge is -2.29. The van der Waals surface area contributed by atoms with Gasteiger partial charge in [-0.2, -0.15) is 0 Å². The van der Waals surface area contributed by atoms with E-state index in [1.807, 2.05) is 6.92 Å². The number of nitrogens with zero attached hydrogens (tertiary/aromatic N) is 4. The van der Waals surface area contributed by atoms with E-state index in [2.05, 4.69) is 25.8 Å². The van der Waals surface area contributed by atoms with Gasteiger partial charge in [0.1, 0.15) is 5.69 Å². The first-order valence-corrected chi connectivity index (χ1v) is 8.21. The fourth-order valence-corrected chi connectivity index (χ4v) is 3.32. The Bertz CT molecular complexity index is 771.